The number of likely N-dealkylation sites (tertiary alicyclic amines) is 1. The lowest BCUT2D eigenvalue weighted by Gasteiger charge is -2.34. The summed E-state index contributed by atoms with van der Waals surface area (Å²) in [5.74, 6) is -1.38. The van der Waals surface area contributed by atoms with Gasteiger partial charge in [0.15, 0.2) is 17.3 Å². The summed E-state index contributed by atoms with van der Waals surface area (Å²) < 4.78 is 79.6. The van der Waals surface area contributed by atoms with Crippen molar-refractivity contribution in [3.63, 3.8) is 0 Å². The number of nitrogens with zero attached hydrogens (tertiary/aromatic N) is 4. The van der Waals surface area contributed by atoms with Gasteiger partial charge in [-0.2, -0.15) is 0 Å². The maximum absolute atomic E-state index is 15.1. The molecule has 6 nitrogen and oxygen atoms in total. The first-order valence-corrected chi connectivity index (χ1v) is 13.3. The molecule has 2 aliphatic heterocycles. The molecule has 1 saturated heterocycles. The Morgan fingerprint density at radius 2 is 1.80 bits per heavy atom. The first-order chi connectivity index (χ1) is 19.0. The molecule has 0 aliphatic carbocycles. The monoisotopic (exact) mass is 562 g/mol. The molecule has 0 N–H and O–H groups in total. The third-order valence-corrected chi connectivity index (χ3v) is 7.43. The molecule has 40 heavy (non-hydrogen) atoms. The topological polar surface area (TPSA) is 50.7 Å². The van der Waals surface area contributed by atoms with E-state index in [0.29, 0.717) is 23.4 Å². The van der Waals surface area contributed by atoms with Gasteiger partial charge in [0.1, 0.15) is 23.9 Å². The van der Waals surface area contributed by atoms with Crippen LogP contribution >= 0.6 is 0 Å². The number of hydrogen-bond acceptors (Lipinski definition) is 6. The number of fused-ring (bicyclic) bond motifs is 1. The summed E-state index contributed by atoms with van der Waals surface area (Å²) in [5, 5.41) is 0. The molecule has 11 heteroatoms. The Kier molecular flexibility index (Phi) is 7.85. The third kappa shape index (κ3) is 6.14. The van der Waals surface area contributed by atoms with Gasteiger partial charge in [-0.1, -0.05) is 12.1 Å². The minimum Gasteiger partial charge on any atom is -0.486 e. The minimum atomic E-state index is -5.01. The highest BCUT2D eigenvalue weighted by Crippen LogP contribution is 2.41. The van der Waals surface area contributed by atoms with Crippen molar-refractivity contribution in [2.45, 2.75) is 51.4 Å². The van der Waals surface area contributed by atoms with Crippen molar-refractivity contribution in [2.24, 2.45) is 0 Å². The number of rotatable bonds is 6. The molecule has 0 amide bonds. The molecule has 3 aromatic rings. The van der Waals surface area contributed by atoms with E-state index < -0.39 is 17.9 Å². The van der Waals surface area contributed by atoms with Gasteiger partial charge in [-0.3, -0.25) is 0 Å². The van der Waals surface area contributed by atoms with E-state index in [1.54, 1.807) is 18.2 Å². The van der Waals surface area contributed by atoms with Gasteiger partial charge in [0, 0.05) is 18.0 Å². The van der Waals surface area contributed by atoms with Crippen LogP contribution in [-0.4, -0.2) is 60.6 Å². The molecule has 1 aromatic heterocycles. The van der Waals surface area contributed by atoms with Crippen LogP contribution in [0.1, 0.15) is 49.6 Å². The van der Waals surface area contributed by atoms with E-state index in [2.05, 4.69) is 19.6 Å². The molecule has 0 bridgehead atoms. The third-order valence-electron chi connectivity index (χ3n) is 7.43. The zero-order valence-electron chi connectivity index (χ0n) is 22.6. The first-order valence-electron chi connectivity index (χ1n) is 13.3. The average Bonchev–Trinajstić information content (AvgIpc) is 2.89. The fourth-order valence-electron chi connectivity index (χ4n) is 5.39. The summed E-state index contributed by atoms with van der Waals surface area (Å²) in [5.41, 5.74) is 1.51. The Hall–Kier alpha value is -3.47. The van der Waals surface area contributed by atoms with Crippen LogP contribution in [0.5, 0.6) is 11.5 Å². The highest BCUT2D eigenvalue weighted by atomic mass is 19.4. The smallest absolute Gasteiger partial charge is 0.486 e. The van der Waals surface area contributed by atoms with Crippen LogP contribution < -0.4 is 14.4 Å². The minimum absolute atomic E-state index is 0.00320. The van der Waals surface area contributed by atoms with Gasteiger partial charge in [0.2, 0.25) is 0 Å². The molecule has 0 radical (unpaired) electrons. The van der Waals surface area contributed by atoms with Gasteiger partial charge in [0.25, 0.3) is 0 Å². The molecular formula is C29H31F5N4O2. The van der Waals surface area contributed by atoms with Crippen molar-refractivity contribution in [1.82, 2.24) is 14.9 Å². The van der Waals surface area contributed by atoms with Crippen LogP contribution in [0.15, 0.2) is 36.5 Å². The Bertz CT molecular complexity index is 1370. The van der Waals surface area contributed by atoms with E-state index in [-0.39, 0.29) is 53.6 Å². The summed E-state index contributed by atoms with van der Waals surface area (Å²) >= 11 is 0. The van der Waals surface area contributed by atoms with Gasteiger partial charge in [-0.15, -0.1) is 13.2 Å². The maximum atomic E-state index is 15.1. The molecule has 2 aliphatic rings. The molecule has 1 fully saturated rings. The van der Waals surface area contributed by atoms with Gasteiger partial charge in [-0.25, -0.2) is 18.7 Å². The molecule has 0 spiro atoms. The van der Waals surface area contributed by atoms with Crippen LogP contribution in [0.4, 0.5) is 27.6 Å². The molecule has 0 unspecified atom stereocenters. The molecule has 0 saturated carbocycles. The van der Waals surface area contributed by atoms with Crippen molar-refractivity contribution < 1.29 is 31.4 Å². The second-order valence-corrected chi connectivity index (χ2v) is 10.6. The summed E-state index contributed by atoms with van der Waals surface area (Å²) in [6.07, 6.45) is -2.28. The SMILES string of the molecule is CC(C)N1CCOc2c(F)cc(-c3nc(Cc4ccc(C5CCN(C)CC5)c(F)c4)ncc3OC(F)(F)F)cc21. The van der Waals surface area contributed by atoms with E-state index >= 15 is 8.78 Å². The van der Waals surface area contributed by atoms with Crippen molar-refractivity contribution in [2.75, 3.05) is 38.2 Å². The van der Waals surface area contributed by atoms with Crippen LogP contribution in [0.2, 0.25) is 0 Å². The largest absolute Gasteiger partial charge is 0.573 e. The summed E-state index contributed by atoms with van der Waals surface area (Å²) in [4.78, 5) is 12.5. The van der Waals surface area contributed by atoms with Crippen molar-refractivity contribution in [3.8, 4) is 22.8 Å². The number of hydrogen-bond donors (Lipinski definition) is 0. The van der Waals surface area contributed by atoms with Crippen molar-refractivity contribution in [3.05, 3.63) is 65.1 Å². The standard InChI is InChI=1S/C29H31F5N4O2/c1-17(2)38-10-11-39-28-23(31)14-20(15-24(28)38)27-25(40-29(32,33)34)16-35-26(36-27)13-18-4-5-21(22(30)12-18)19-6-8-37(3)9-7-19/h4-5,12,14-17,19H,6-11,13H2,1-3H3. The molecule has 3 heterocycles. The van der Waals surface area contributed by atoms with Gasteiger partial charge >= 0.3 is 6.36 Å². The Balaban J connectivity index is 1.49. The Labute approximate surface area is 229 Å². The van der Waals surface area contributed by atoms with E-state index in [1.165, 1.54) is 6.07 Å². The van der Waals surface area contributed by atoms with Crippen molar-refractivity contribution >= 4 is 5.69 Å². The number of piperidine rings is 1. The number of halogens is 5. The lowest BCUT2D eigenvalue weighted by atomic mass is 9.88. The lowest BCUT2D eigenvalue weighted by Crippen LogP contribution is -2.38. The Morgan fingerprint density at radius 1 is 1.05 bits per heavy atom. The van der Waals surface area contributed by atoms with E-state index in [1.807, 2.05) is 25.8 Å². The number of ether oxygens (including phenoxy) is 2. The zero-order chi connectivity index (χ0) is 28.6. The number of aromatic nitrogens is 2. The zero-order valence-corrected chi connectivity index (χ0v) is 22.6. The fourth-order valence-corrected chi connectivity index (χ4v) is 5.39. The highest BCUT2D eigenvalue weighted by Gasteiger charge is 2.34. The summed E-state index contributed by atoms with van der Waals surface area (Å²) in [7, 11) is 2.04. The van der Waals surface area contributed by atoms with Crippen LogP contribution in [0, 0.1) is 11.6 Å². The molecule has 5 rings (SSSR count). The van der Waals surface area contributed by atoms with Crippen LogP contribution in [0.25, 0.3) is 11.3 Å². The lowest BCUT2D eigenvalue weighted by molar-refractivity contribution is -0.274. The van der Waals surface area contributed by atoms with Crippen LogP contribution in [-0.2, 0) is 6.42 Å². The second kappa shape index (κ2) is 11.2. The average molecular weight is 563 g/mol. The number of anilines is 1. The van der Waals surface area contributed by atoms with E-state index in [0.717, 1.165) is 38.2 Å². The molecule has 2 aromatic carbocycles. The molecular weight excluding hydrogens is 531 g/mol. The summed E-state index contributed by atoms with van der Waals surface area (Å²) in [6.45, 7) is 6.44. The number of benzene rings is 2. The molecule has 214 valence electrons. The van der Waals surface area contributed by atoms with Crippen LogP contribution in [0.3, 0.4) is 0 Å². The quantitative estimate of drug-likeness (QED) is 0.328. The van der Waals surface area contributed by atoms with Gasteiger partial charge < -0.3 is 19.3 Å². The predicted molar refractivity (Wildman–Crippen MR) is 141 cm³/mol. The number of alkyl halides is 3. The first kappa shape index (κ1) is 28.1. The van der Waals surface area contributed by atoms with Gasteiger partial charge in [0.05, 0.1) is 18.4 Å². The molecule has 0 atom stereocenters. The fraction of sp³-hybridized carbons (Fsp3) is 0.448. The highest BCUT2D eigenvalue weighted by molar-refractivity contribution is 5.75. The van der Waals surface area contributed by atoms with Crippen molar-refractivity contribution in [1.29, 1.82) is 0 Å². The van der Waals surface area contributed by atoms with E-state index in [4.69, 9.17) is 4.74 Å². The second-order valence-electron chi connectivity index (χ2n) is 10.6. The van der Waals surface area contributed by atoms with E-state index in [9.17, 15) is 13.2 Å². The summed E-state index contributed by atoms with van der Waals surface area (Å²) in [6, 6.07) is 7.60. The predicted octanol–water partition coefficient (Wildman–Crippen LogP) is 6.33. The van der Waals surface area contributed by atoms with Gasteiger partial charge in [-0.05, 0) is 82.1 Å². The maximum Gasteiger partial charge on any atom is 0.573 e. The Morgan fingerprint density at radius 3 is 2.48 bits per heavy atom. The normalized spacial score (nSPS) is 16.7.